The molecule has 0 unspecified atom stereocenters. The molecule has 0 fully saturated rings. The molecule has 0 saturated heterocycles. The number of hydrogen-bond acceptors (Lipinski definition) is 5. The van der Waals surface area contributed by atoms with Crippen molar-refractivity contribution >= 4 is 27.4 Å². The predicted octanol–water partition coefficient (Wildman–Crippen LogP) is 3.96. The first-order valence-electron chi connectivity index (χ1n) is 7.50. The van der Waals surface area contributed by atoms with Crippen LogP contribution in [0, 0.1) is 0 Å². The Balaban J connectivity index is 1.84. The molecule has 0 aliphatic heterocycles. The molecule has 0 radical (unpaired) electrons. The zero-order valence-electron chi connectivity index (χ0n) is 12.8. The number of carbonyl (C=O) groups is 1. The number of aromatic hydroxyl groups is 1. The molecule has 1 aromatic carbocycles. The number of thiophene rings is 1. The molecule has 0 atom stereocenters. The van der Waals surface area contributed by atoms with Crippen LogP contribution in [-0.4, -0.2) is 22.7 Å². The highest BCUT2D eigenvalue weighted by atomic mass is 32.1. The topological polar surface area (TPSA) is 59.4 Å². The van der Waals surface area contributed by atoms with Crippen LogP contribution in [0.15, 0.2) is 42.6 Å². The van der Waals surface area contributed by atoms with Gasteiger partial charge in [-0.3, -0.25) is 0 Å². The Bertz CT molecular complexity index is 827. The number of rotatable bonds is 5. The number of aromatic nitrogens is 1. The fraction of sp³-hybridized carbons (Fsp3) is 0.222. The van der Waals surface area contributed by atoms with Crippen molar-refractivity contribution < 1.29 is 14.6 Å². The molecule has 0 bridgehead atoms. The normalized spacial score (nSPS) is 10.8. The summed E-state index contributed by atoms with van der Waals surface area (Å²) in [5, 5.41) is 11.1. The third kappa shape index (κ3) is 3.35. The number of esters is 1. The molecule has 1 N–H and O–H groups in total. The third-order valence-corrected chi connectivity index (χ3v) is 4.77. The van der Waals surface area contributed by atoms with Gasteiger partial charge in [-0.1, -0.05) is 30.3 Å². The lowest BCUT2D eigenvalue weighted by Crippen LogP contribution is -2.06. The highest BCUT2D eigenvalue weighted by Gasteiger charge is 2.18. The lowest BCUT2D eigenvalue weighted by molar-refractivity contribution is 0.0516. The van der Waals surface area contributed by atoms with E-state index in [2.05, 4.69) is 17.1 Å². The second-order valence-electron chi connectivity index (χ2n) is 5.16. The van der Waals surface area contributed by atoms with Crippen molar-refractivity contribution in [3.63, 3.8) is 0 Å². The van der Waals surface area contributed by atoms with E-state index in [1.165, 1.54) is 16.9 Å². The zero-order valence-corrected chi connectivity index (χ0v) is 13.6. The molecule has 0 aliphatic rings. The van der Waals surface area contributed by atoms with Gasteiger partial charge in [0.25, 0.3) is 0 Å². The van der Waals surface area contributed by atoms with Crippen LogP contribution in [0.1, 0.15) is 27.9 Å². The van der Waals surface area contributed by atoms with Crippen LogP contribution in [0.2, 0.25) is 0 Å². The summed E-state index contributed by atoms with van der Waals surface area (Å²) in [6.45, 7) is 1.98. The summed E-state index contributed by atoms with van der Waals surface area (Å²) < 4.78 is 5.60. The fourth-order valence-electron chi connectivity index (χ4n) is 2.43. The molecule has 118 valence electrons. The molecule has 2 aromatic heterocycles. The minimum Gasteiger partial charge on any atom is -0.504 e. The van der Waals surface area contributed by atoms with Crippen molar-refractivity contribution in [2.24, 2.45) is 0 Å². The molecular formula is C18H17NO3S. The Morgan fingerprint density at radius 3 is 2.78 bits per heavy atom. The summed E-state index contributed by atoms with van der Waals surface area (Å²) in [6, 6.07) is 12.3. The number of hydrogen-bond donors (Lipinski definition) is 1. The van der Waals surface area contributed by atoms with E-state index in [0.29, 0.717) is 4.70 Å². The van der Waals surface area contributed by atoms with Gasteiger partial charge in [0.15, 0.2) is 11.4 Å². The van der Waals surface area contributed by atoms with E-state index in [0.717, 1.165) is 23.1 Å². The quantitative estimate of drug-likeness (QED) is 0.721. The van der Waals surface area contributed by atoms with Gasteiger partial charge in [0.2, 0.25) is 0 Å². The van der Waals surface area contributed by atoms with Crippen LogP contribution in [-0.2, 0) is 17.6 Å². The molecule has 23 heavy (non-hydrogen) atoms. The summed E-state index contributed by atoms with van der Waals surface area (Å²) in [4.78, 5) is 17.0. The Morgan fingerprint density at radius 1 is 1.26 bits per heavy atom. The fourth-order valence-corrected chi connectivity index (χ4v) is 3.50. The van der Waals surface area contributed by atoms with Crippen LogP contribution in [0.25, 0.3) is 10.1 Å². The largest absolute Gasteiger partial charge is 0.504 e. The van der Waals surface area contributed by atoms with Gasteiger partial charge in [0.1, 0.15) is 0 Å². The SMILES string of the molecule is CCOC(=O)c1ncc2cc(CCc3ccccc3)sc2c1O. The third-order valence-electron chi connectivity index (χ3n) is 3.56. The second kappa shape index (κ2) is 6.79. The number of fused-ring (bicyclic) bond motifs is 1. The van der Waals surface area contributed by atoms with Crippen LogP contribution in [0.5, 0.6) is 5.75 Å². The van der Waals surface area contributed by atoms with Gasteiger partial charge in [-0.05, 0) is 31.4 Å². The first kappa shape index (κ1) is 15.5. The molecule has 0 amide bonds. The van der Waals surface area contributed by atoms with Gasteiger partial charge in [-0.25, -0.2) is 9.78 Å². The molecule has 0 aliphatic carbocycles. The number of ether oxygens (including phenoxy) is 1. The molecule has 3 rings (SSSR count). The van der Waals surface area contributed by atoms with E-state index in [1.54, 1.807) is 13.1 Å². The van der Waals surface area contributed by atoms with Gasteiger partial charge in [-0.2, -0.15) is 0 Å². The van der Waals surface area contributed by atoms with Crippen molar-refractivity contribution in [3.05, 3.63) is 58.7 Å². The predicted molar refractivity (Wildman–Crippen MR) is 91.1 cm³/mol. The molecule has 5 heteroatoms. The number of benzene rings is 1. The molecular weight excluding hydrogens is 310 g/mol. The maximum absolute atomic E-state index is 11.8. The number of aryl methyl sites for hydroxylation is 2. The Kier molecular flexibility index (Phi) is 4.57. The molecule has 0 saturated carbocycles. The Morgan fingerprint density at radius 2 is 2.04 bits per heavy atom. The lowest BCUT2D eigenvalue weighted by atomic mass is 10.1. The molecule has 0 spiro atoms. The van der Waals surface area contributed by atoms with Crippen LogP contribution >= 0.6 is 11.3 Å². The van der Waals surface area contributed by atoms with Crippen molar-refractivity contribution in [3.8, 4) is 5.75 Å². The van der Waals surface area contributed by atoms with Crippen LogP contribution in [0.3, 0.4) is 0 Å². The molecule has 2 heterocycles. The van der Waals surface area contributed by atoms with Crippen LogP contribution < -0.4 is 0 Å². The minimum absolute atomic E-state index is 0.0178. The highest BCUT2D eigenvalue weighted by molar-refractivity contribution is 7.19. The van der Waals surface area contributed by atoms with Crippen molar-refractivity contribution in [1.82, 2.24) is 4.98 Å². The van der Waals surface area contributed by atoms with E-state index in [9.17, 15) is 9.90 Å². The average molecular weight is 327 g/mol. The van der Waals surface area contributed by atoms with Gasteiger partial charge in [0.05, 0.1) is 11.3 Å². The van der Waals surface area contributed by atoms with Gasteiger partial charge in [-0.15, -0.1) is 11.3 Å². The van der Waals surface area contributed by atoms with E-state index in [-0.39, 0.29) is 18.1 Å². The average Bonchev–Trinajstić information content (AvgIpc) is 2.98. The standard InChI is InChI=1S/C18H17NO3S/c1-2-22-18(21)15-16(20)17-13(11-19-15)10-14(23-17)9-8-12-6-4-3-5-7-12/h3-7,10-11,20H,2,8-9H2,1H3. The van der Waals surface area contributed by atoms with E-state index in [4.69, 9.17) is 4.74 Å². The first-order valence-corrected chi connectivity index (χ1v) is 8.32. The molecule has 3 aromatic rings. The van der Waals surface area contributed by atoms with Crippen molar-refractivity contribution in [2.45, 2.75) is 19.8 Å². The van der Waals surface area contributed by atoms with E-state index < -0.39 is 5.97 Å². The Labute approximate surface area is 138 Å². The number of carbonyl (C=O) groups excluding carboxylic acids is 1. The highest BCUT2D eigenvalue weighted by Crippen LogP contribution is 2.35. The van der Waals surface area contributed by atoms with Gasteiger partial charge in [0, 0.05) is 16.5 Å². The second-order valence-corrected chi connectivity index (χ2v) is 6.30. The number of pyridine rings is 1. The first-order chi connectivity index (χ1) is 11.2. The number of nitrogens with zero attached hydrogens (tertiary/aromatic N) is 1. The minimum atomic E-state index is -0.592. The monoisotopic (exact) mass is 327 g/mol. The summed E-state index contributed by atoms with van der Waals surface area (Å²) in [6.07, 6.45) is 3.44. The summed E-state index contributed by atoms with van der Waals surface area (Å²) in [7, 11) is 0. The van der Waals surface area contributed by atoms with Gasteiger partial charge < -0.3 is 9.84 Å². The van der Waals surface area contributed by atoms with Crippen LogP contribution in [0.4, 0.5) is 0 Å². The molecule has 4 nitrogen and oxygen atoms in total. The maximum Gasteiger partial charge on any atom is 0.360 e. The van der Waals surface area contributed by atoms with E-state index in [1.807, 2.05) is 24.3 Å². The van der Waals surface area contributed by atoms with E-state index >= 15 is 0 Å². The summed E-state index contributed by atoms with van der Waals surface area (Å²) >= 11 is 1.50. The summed E-state index contributed by atoms with van der Waals surface area (Å²) in [5.74, 6) is -0.678. The summed E-state index contributed by atoms with van der Waals surface area (Å²) in [5.41, 5.74) is 1.26. The Hall–Kier alpha value is -2.40. The zero-order chi connectivity index (χ0) is 16.2. The van der Waals surface area contributed by atoms with Crippen molar-refractivity contribution in [2.75, 3.05) is 6.61 Å². The van der Waals surface area contributed by atoms with Gasteiger partial charge >= 0.3 is 5.97 Å². The maximum atomic E-state index is 11.8. The van der Waals surface area contributed by atoms with Crippen molar-refractivity contribution in [1.29, 1.82) is 0 Å². The smallest absolute Gasteiger partial charge is 0.360 e. The lowest BCUT2D eigenvalue weighted by Gasteiger charge is -2.03.